The minimum absolute atomic E-state index is 0.920. The molecule has 0 N–H and O–H groups in total. The third kappa shape index (κ3) is 2.06. The van der Waals surface area contributed by atoms with Crippen LogP contribution >= 0.6 is 0 Å². The molecule has 0 saturated heterocycles. The molecule has 1 aliphatic rings. The molecule has 1 aromatic heterocycles. The Balaban J connectivity index is 0.000000396. The first-order valence-corrected chi connectivity index (χ1v) is 5.10. The third-order valence-electron chi connectivity index (χ3n) is 2.25. The summed E-state index contributed by atoms with van der Waals surface area (Å²) in [5, 5.41) is 0. The normalized spacial score (nSPS) is 13.2. The van der Waals surface area contributed by atoms with Gasteiger partial charge in [-0.3, -0.25) is 0 Å². The molecule has 2 rings (SSSR count). The van der Waals surface area contributed by atoms with Crippen molar-refractivity contribution in [1.82, 2.24) is 9.97 Å². The molecule has 0 unspecified atom stereocenters. The Morgan fingerprint density at radius 1 is 1.00 bits per heavy atom. The summed E-state index contributed by atoms with van der Waals surface area (Å²) in [7, 11) is 0. The van der Waals surface area contributed by atoms with Crippen molar-refractivity contribution in [2.45, 2.75) is 47.0 Å². The smallest absolute Gasteiger partial charge is 0.125 e. The molecule has 2 nitrogen and oxygen atoms in total. The Hall–Kier alpha value is -0.920. The Bertz CT molecular complexity index is 292. The predicted octanol–water partition coefficient (Wildman–Crippen LogP) is 2.61. The first kappa shape index (κ1) is 10.2. The minimum atomic E-state index is 0.920. The van der Waals surface area contributed by atoms with Gasteiger partial charge in [-0.15, -0.1) is 0 Å². The second-order valence-electron chi connectivity index (χ2n) is 3.14. The predicted molar refractivity (Wildman–Crippen MR) is 54.9 cm³/mol. The lowest BCUT2D eigenvalue weighted by Crippen LogP contribution is -1.98. The summed E-state index contributed by atoms with van der Waals surface area (Å²) in [6.07, 6.45) is 3.59. The van der Waals surface area contributed by atoms with Crippen LogP contribution < -0.4 is 0 Å². The molecule has 1 aliphatic carbocycles. The Labute approximate surface area is 80.4 Å². The van der Waals surface area contributed by atoms with E-state index in [1.165, 1.54) is 29.8 Å². The van der Waals surface area contributed by atoms with Gasteiger partial charge in [0.2, 0.25) is 0 Å². The highest BCUT2D eigenvalue weighted by Gasteiger charge is 2.15. The average molecular weight is 178 g/mol. The van der Waals surface area contributed by atoms with Crippen molar-refractivity contribution in [3.8, 4) is 0 Å². The van der Waals surface area contributed by atoms with Crippen molar-refractivity contribution < 1.29 is 0 Å². The molecule has 0 aliphatic heterocycles. The molecule has 1 aromatic rings. The van der Waals surface area contributed by atoms with Gasteiger partial charge < -0.3 is 0 Å². The van der Waals surface area contributed by atoms with Crippen LogP contribution in [0, 0.1) is 13.8 Å². The maximum absolute atomic E-state index is 4.40. The van der Waals surface area contributed by atoms with E-state index in [9.17, 15) is 0 Å². The Morgan fingerprint density at radius 2 is 1.69 bits per heavy atom. The first-order valence-electron chi connectivity index (χ1n) is 5.10. The first-order chi connectivity index (χ1) is 6.27. The number of hydrogen-bond donors (Lipinski definition) is 0. The fourth-order valence-electron chi connectivity index (χ4n) is 1.77. The second-order valence-corrected chi connectivity index (χ2v) is 3.14. The molecule has 72 valence electrons. The fraction of sp³-hybridized carbons (Fsp3) is 0.636. The standard InChI is InChI=1S/C9H12N2.C2H6/c1-6-8-4-3-5-9(8)11-7(2)10-6;1-2/h3-5H2,1-2H3;1-2H3. The van der Waals surface area contributed by atoms with Gasteiger partial charge in [0.25, 0.3) is 0 Å². The van der Waals surface area contributed by atoms with E-state index in [1.54, 1.807) is 0 Å². The van der Waals surface area contributed by atoms with E-state index in [1.807, 2.05) is 20.8 Å². The molecule has 0 atom stereocenters. The topological polar surface area (TPSA) is 25.8 Å². The number of nitrogens with zero attached hydrogens (tertiary/aromatic N) is 2. The lowest BCUT2D eigenvalue weighted by molar-refractivity contribution is 0.895. The number of hydrogen-bond acceptors (Lipinski definition) is 2. The summed E-state index contributed by atoms with van der Waals surface area (Å²) in [5.74, 6) is 0.920. The Morgan fingerprint density at radius 3 is 2.38 bits per heavy atom. The molecular weight excluding hydrogens is 160 g/mol. The lowest BCUT2D eigenvalue weighted by atomic mass is 10.2. The van der Waals surface area contributed by atoms with Gasteiger partial charge in [-0.2, -0.15) is 0 Å². The molecule has 0 radical (unpaired) electrons. The van der Waals surface area contributed by atoms with Crippen molar-refractivity contribution in [3.63, 3.8) is 0 Å². The van der Waals surface area contributed by atoms with Crippen LogP contribution in [0.2, 0.25) is 0 Å². The van der Waals surface area contributed by atoms with Crippen LogP contribution in [-0.4, -0.2) is 9.97 Å². The van der Waals surface area contributed by atoms with Crippen molar-refractivity contribution in [1.29, 1.82) is 0 Å². The highest BCUT2D eigenvalue weighted by molar-refractivity contribution is 5.28. The van der Waals surface area contributed by atoms with Gasteiger partial charge in [0.15, 0.2) is 0 Å². The SMILES string of the molecule is CC.Cc1nc(C)c2c(n1)CCC2. The van der Waals surface area contributed by atoms with E-state index < -0.39 is 0 Å². The lowest BCUT2D eigenvalue weighted by Gasteiger charge is -2.02. The van der Waals surface area contributed by atoms with Crippen LogP contribution in [0.5, 0.6) is 0 Å². The maximum atomic E-state index is 4.40. The molecular formula is C11H18N2. The van der Waals surface area contributed by atoms with Crippen LogP contribution in [0.25, 0.3) is 0 Å². The monoisotopic (exact) mass is 178 g/mol. The minimum Gasteiger partial charge on any atom is -0.238 e. The quantitative estimate of drug-likeness (QED) is 0.610. The number of fused-ring (bicyclic) bond motifs is 1. The molecule has 0 bridgehead atoms. The largest absolute Gasteiger partial charge is 0.238 e. The molecule has 1 heterocycles. The van der Waals surface area contributed by atoms with Crippen molar-refractivity contribution in [2.24, 2.45) is 0 Å². The van der Waals surface area contributed by atoms with Crippen LogP contribution in [0.15, 0.2) is 0 Å². The van der Waals surface area contributed by atoms with Crippen LogP contribution in [0.3, 0.4) is 0 Å². The molecule has 0 fully saturated rings. The van der Waals surface area contributed by atoms with Gasteiger partial charge in [-0.05, 0) is 38.7 Å². The van der Waals surface area contributed by atoms with E-state index >= 15 is 0 Å². The van der Waals surface area contributed by atoms with E-state index in [0.717, 1.165) is 12.2 Å². The number of aromatic nitrogens is 2. The van der Waals surface area contributed by atoms with Gasteiger partial charge in [0.05, 0.1) is 0 Å². The summed E-state index contributed by atoms with van der Waals surface area (Å²) in [4.78, 5) is 8.74. The Kier molecular flexibility index (Phi) is 3.40. The summed E-state index contributed by atoms with van der Waals surface area (Å²) in [5.41, 5.74) is 3.87. The molecule has 0 aromatic carbocycles. The highest BCUT2D eigenvalue weighted by atomic mass is 14.9. The van der Waals surface area contributed by atoms with Crippen molar-refractivity contribution >= 4 is 0 Å². The van der Waals surface area contributed by atoms with E-state index in [4.69, 9.17) is 0 Å². The highest BCUT2D eigenvalue weighted by Crippen LogP contribution is 2.21. The zero-order valence-electron chi connectivity index (χ0n) is 9.02. The third-order valence-corrected chi connectivity index (χ3v) is 2.25. The zero-order valence-corrected chi connectivity index (χ0v) is 9.02. The van der Waals surface area contributed by atoms with Crippen LogP contribution in [0.4, 0.5) is 0 Å². The van der Waals surface area contributed by atoms with Gasteiger partial charge in [-0.1, -0.05) is 13.8 Å². The summed E-state index contributed by atoms with van der Waals surface area (Å²) < 4.78 is 0. The van der Waals surface area contributed by atoms with Gasteiger partial charge in [0.1, 0.15) is 5.82 Å². The van der Waals surface area contributed by atoms with E-state index in [0.29, 0.717) is 0 Å². The van der Waals surface area contributed by atoms with Gasteiger partial charge in [0, 0.05) is 11.4 Å². The summed E-state index contributed by atoms with van der Waals surface area (Å²) in [6.45, 7) is 8.05. The zero-order chi connectivity index (χ0) is 9.84. The number of rotatable bonds is 0. The summed E-state index contributed by atoms with van der Waals surface area (Å²) >= 11 is 0. The van der Waals surface area contributed by atoms with Crippen molar-refractivity contribution in [2.75, 3.05) is 0 Å². The van der Waals surface area contributed by atoms with Crippen molar-refractivity contribution in [3.05, 3.63) is 22.8 Å². The molecule has 0 amide bonds. The maximum Gasteiger partial charge on any atom is 0.125 e. The summed E-state index contributed by atoms with van der Waals surface area (Å²) in [6, 6.07) is 0. The van der Waals surface area contributed by atoms with Crippen LogP contribution in [-0.2, 0) is 12.8 Å². The molecule has 2 heteroatoms. The average Bonchev–Trinajstić information content (AvgIpc) is 2.55. The molecule has 13 heavy (non-hydrogen) atoms. The van der Waals surface area contributed by atoms with E-state index in [-0.39, 0.29) is 0 Å². The van der Waals surface area contributed by atoms with Gasteiger partial charge in [-0.25, -0.2) is 9.97 Å². The molecule has 0 saturated carbocycles. The van der Waals surface area contributed by atoms with Crippen LogP contribution in [0.1, 0.15) is 43.0 Å². The fourth-order valence-corrected chi connectivity index (χ4v) is 1.77. The number of aryl methyl sites for hydroxylation is 3. The second kappa shape index (κ2) is 4.35. The molecule has 0 spiro atoms. The van der Waals surface area contributed by atoms with Gasteiger partial charge >= 0.3 is 0 Å². The van der Waals surface area contributed by atoms with E-state index in [2.05, 4.69) is 16.9 Å².